The first-order valence-corrected chi connectivity index (χ1v) is 13.0. The third kappa shape index (κ3) is 4.74. The highest BCUT2D eigenvalue weighted by atomic mass is 16.4. The monoisotopic (exact) mass is 524 g/mol. The third-order valence-electron chi connectivity index (χ3n) is 7.69. The lowest BCUT2D eigenvalue weighted by Crippen LogP contribution is -2.58. The highest BCUT2D eigenvalue weighted by Crippen LogP contribution is 2.51. The molecule has 2 aliphatic heterocycles. The normalized spacial score (nSPS) is 24.9. The summed E-state index contributed by atoms with van der Waals surface area (Å²) in [6, 6.07) is 23.1. The van der Waals surface area contributed by atoms with E-state index in [1.165, 1.54) is 17.0 Å². The van der Waals surface area contributed by atoms with Gasteiger partial charge in [-0.3, -0.25) is 24.6 Å². The number of benzene rings is 3. The number of aromatic hydroxyl groups is 1. The SMILES string of the molecule is CC(C)(C)N1C(=O)C2C(c3ccc(/C=C/c4ccccc4)cc3)NC(Cc3ccc(O)cc3)(C(=O)O)C2C1=O. The van der Waals surface area contributed by atoms with E-state index in [2.05, 4.69) is 5.32 Å². The number of fused-ring (bicyclic) bond motifs is 1. The lowest BCUT2D eigenvalue weighted by atomic mass is 9.76. The number of carbonyl (C=O) groups is 3. The van der Waals surface area contributed by atoms with Crippen molar-refractivity contribution in [3.05, 3.63) is 101 Å². The highest BCUT2D eigenvalue weighted by Gasteiger charge is 2.69. The Balaban J connectivity index is 1.54. The van der Waals surface area contributed by atoms with Crippen LogP contribution in [-0.2, 0) is 20.8 Å². The van der Waals surface area contributed by atoms with Crippen molar-refractivity contribution in [3.8, 4) is 5.75 Å². The first-order valence-electron chi connectivity index (χ1n) is 13.0. The standard InChI is InChI=1S/C32H32N2O5/c1-31(2,3)34-28(36)25-26(29(34)37)32(30(38)39,19-22-13-17-24(35)18-14-22)33-27(25)23-15-11-21(12-16-23)10-9-20-7-5-4-6-8-20/h4-18,25-27,33,35H,19H2,1-3H3,(H,38,39)/b10-9+. The van der Waals surface area contributed by atoms with Crippen molar-refractivity contribution in [2.24, 2.45) is 11.8 Å². The lowest BCUT2D eigenvalue weighted by Gasteiger charge is -2.35. The Kier molecular flexibility index (Phi) is 6.64. The van der Waals surface area contributed by atoms with Gasteiger partial charge in [-0.05, 0) is 55.2 Å². The van der Waals surface area contributed by atoms with Gasteiger partial charge in [-0.15, -0.1) is 0 Å². The van der Waals surface area contributed by atoms with Gasteiger partial charge in [0.2, 0.25) is 11.8 Å². The van der Waals surface area contributed by atoms with E-state index in [9.17, 15) is 24.6 Å². The Morgan fingerprint density at radius 3 is 2.05 bits per heavy atom. The Hall–Kier alpha value is -4.23. The van der Waals surface area contributed by atoms with Gasteiger partial charge in [0.25, 0.3) is 0 Å². The molecule has 3 aromatic rings. The molecule has 0 aromatic heterocycles. The van der Waals surface area contributed by atoms with Gasteiger partial charge >= 0.3 is 5.97 Å². The summed E-state index contributed by atoms with van der Waals surface area (Å²) < 4.78 is 0. The summed E-state index contributed by atoms with van der Waals surface area (Å²) in [5.74, 6) is -3.92. The topological polar surface area (TPSA) is 107 Å². The van der Waals surface area contributed by atoms with Crippen LogP contribution >= 0.6 is 0 Å². The fraction of sp³-hybridized carbons (Fsp3) is 0.281. The van der Waals surface area contributed by atoms with Crippen molar-refractivity contribution in [1.29, 1.82) is 0 Å². The Morgan fingerprint density at radius 2 is 1.49 bits per heavy atom. The number of rotatable bonds is 6. The molecule has 3 aromatic carbocycles. The molecule has 4 unspecified atom stereocenters. The van der Waals surface area contributed by atoms with Crippen molar-refractivity contribution >= 4 is 29.9 Å². The van der Waals surface area contributed by atoms with Crippen molar-refractivity contribution in [2.45, 2.75) is 44.3 Å². The number of imide groups is 1. The van der Waals surface area contributed by atoms with E-state index in [4.69, 9.17) is 0 Å². The maximum atomic E-state index is 13.8. The second-order valence-corrected chi connectivity index (χ2v) is 11.3. The van der Waals surface area contributed by atoms with Gasteiger partial charge in [-0.2, -0.15) is 0 Å². The van der Waals surface area contributed by atoms with E-state index in [0.29, 0.717) is 5.56 Å². The molecule has 3 N–H and O–H groups in total. The van der Waals surface area contributed by atoms with Crippen LogP contribution < -0.4 is 5.32 Å². The fourth-order valence-corrected chi connectivity index (χ4v) is 5.89. The third-order valence-corrected chi connectivity index (χ3v) is 7.69. The van der Waals surface area contributed by atoms with E-state index >= 15 is 0 Å². The zero-order valence-electron chi connectivity index (χ0n) is 22.2. The maximum Gasteiger partial charge on any atom is 0.325 e. The summed E-state index contributed by atoms with van der Waals surface area (Å²) in [6.07, 6.45) is 3.98. The van der Waals surface area contributed by atoms with Gasteiger partial charge in [0, 0.05) is 18.0 Å². The second kappa shape index (κ2) is 9.82. The quantitative estimate of drug-likeness (QED) is 0.320. The number of aliphatic carboxylic acids is 1. The molecule has 0 radical (unpaired) electrons. The van der Waals surface area contributed by atoms with E-state index in [1.54, 1.807) is 32.9 Å². The fourth-order valence-electron chi connectivity index (χ4n) is 5.89. The highest BCUT2D eigenvalue weighted by molar-refractivity contribution is 6.10. The van der Waals surface area contributed by atoms with Crippen LogP contribution in [0.3, 0.4) is 0 Å². The van der Waals surface area contributed by atoms with E-state index in [0.717, 1.165) is 16.7 Å². The molecule has 7 nitrogen and oxygen atoms in total. The Labute approximate surface area is 227 Å². The van der Waals surface area contributed by atoms with Gasteiger partial charge < -0.3 is 10.2 Å². The summed E-state index contributed by atoms with van der Waals surface area (Å²) in [7, 11) is 0. The number of hydrogen-bond donors (Lipinski definition) is 3. The maximum absolute atomic E-state index is 13.8. The molecule has 200 valence electrons. The second-order valence-electron chi connectivity index (χ2n) is 11.3. The number of carboxylic acids is 1. The van der Waals surface area contributed by atoms with Crippen molar-refractivity contribution in [2.75, 3.05) is 0 Å². The first kappa shape index (κ1) is 26.4. The molecular formula is C32H32N2O5. The molecule has 7 heteroatoms. The van der Waals surface area contributed by atoms with Crippen LogP contribution in [0.5, 0.6) is 5.75 Å². The minimum absolute atomic E-state index is 0.0187. The molecule has 5 rings (SSSR count). The number of likely N-dealkylation sites (tertiary alicyclic amines) is 1. The predicted octanol–water partition coefficient (Wildman–Crippen LogP) is 4.67. The smallest absolute Gasteiger partial charge is 0.325 e. The summed E-state index contributed by atoms with van der Waals surface area (Å²) in [4.78, 5) is 41.8. The van der Waals surface area contributed by atoms with Crippen LogP contribution in [-0.4, -0.2) is 44.0 Å². The number of carboxylic acid groups (broad SMARTS) is 1. The minimum atomic E-state index is -1.70. The summed E-state index contributed by atoms with van der Waals surface area (Å²) in [6.45, 7) is 5.34. The van der Waals surface area contributed by atoms with Crippen LogP contribution in [0.1, 0.15) is 49.1 Å². The Bertz CT molecular complexity index is 1420. The lowest BCUT2D eigenvalue weighted by molar-refractivity contribution is -0.153. The van der Waals surface area contributed by atoms with Crippen LogP contribution in [0.2, 0.25) is 0 Å². The number of hydrogen-bond acceptors (Lipinski definition) is 5. The molecule has 2 fully saturated rings. The molecule has 0 aliphatic carbocycles. The van der Waals surface area contributed by atoms with E-state index in [1.807, 2.05) is 66.7 Å². The van der Waals surface area contributed by atoms with Gasteiger partial charge in [-0.1, -0.05) is 78.9 Å². The van der Waals surface area contributed by atoms with Crippen LogP contribution in [0.25, 0.3) is 12.2 Å². The molecule has 4 atom stereocenters. The number of phenols is 1. The van der Waals surface area contributed by atoms with Gasteiger partial charge in [0.15, 0.2) is 0 Å². The molecule has 0 saturated carbocycles. The summed E-state index contributed by atoms with van der Waals surface area (Å²) in [5.41, 5.74) is 0.907. The van der Waals surface area contributed by atoms with Crippen molar-refractivity contribution in [1.82, 2.24) is 10.2 Å². The first-order chi connectivity index (χ1) is 18.5. The van der Waals surface area contributed by atoms with Crippen molar-refractivity contribution in [3.63, 3.8) is 0 Å². The van der Waals surface area contributed by atoms with Gasteiger partial charge in [0.05, 0.1) is 11.8 Å². The molecule has 0 bridgehead atoms. The predicted molar refractivity (Wildman–Crippen MR) is 148 cm³/mol. The molecule has 2 aliphatic rings. The zero-order valence-corrected chi connectivity index (χ0v) is 22.2. The van der Waals surface area contributed by atoms with E-state index in [-0.39, 0.29) is 18.1 Å². The number of phenolic OH excluding ortho intramolecular Hbond substituents is 1. The summed E-state index contributed by atoms with van der Waals surface area (Å²) >= 11 is 0. The molecule has 0 spiro atoms. The van der Waals surface area contributed by atoms with Crippen LogP contribution in [0.15, 0.2) is 78.9 Å². The largest absolute Gasteiger partial charge is 0.508 e. The van der Waals surface area contributed by atoms with Crippen LogP contribution in [0.4, 0.5) is 0 Å². The van der Waals surface area contributed by atoms with E-state index < -0.39 is 40.8 Å². The molecule has 2 saturated heterocycles. The molecule has 2 amide bonds. The molecular weight excluding hydrogens is 492 g/mol. The average molecular weight is 525 g/mol. The number of amides is 2. The minimum Gasteiger partial charge on any atom is -0.508 e. The Morgan fingerprint density at radius 1 is 0.897 bits per heavy atom. The van der Waals surface area contributed by atoms with Crippen molar-refractivity contribution < 1.29 is 24.6 Å². The number of nitrogens with one attached hydrogen (secondary N) is 1. The van der Waals surface area contributed by atoms with Gasteiger partial charge in [0.1, 0.15) is 11.3 Å². The zero-order chi connectivity index (χ0) is 27.9. The van der Waals surface area contributed by atoms with Gasteiger partial charge in [-0.25, -0.2) is 0 Å². The average Bonchev–Trinajstić information content (AvgIpc) is 3.39. The number of carbonyl (C=O) groups excluding carboxylic acids is 2. The number of nitrogens with zero attached hydrogens (tertiary/aromatic N) is 1. The summed E-state index contributed by atoms with van der Waals surface area (Å²) in [5, 5.41) is 23.6. The van der Waals surface area contributed by atoms with Crippen LogP contribution in [0, 0.1) is 11.8 Å². The molecule has 2 heterocycles. The molecule has 39 heavy (non-hydrogen) atoms.